The van der Waals surface area contributed by atoms with Crippen molar-refractivity contribution < 1.29 is 18.0 Å². The van der Waals surface area contributed by atoms with Crippen LogP contribution in [0, 0.1) is 5.41 Å². The molecule has 1 aliphatic rings. The predicted molar refractivity (Wildman–Crippen MR) is 73.4 cm³/mol. The van der Waals surface area contributed by atoms with Crippen LogP contribution in [0.15, 0.2) is 22.7 Å². The Bertz CT molecular complexity index is 524. The van der Waals surface area contributed by atoms with Gasteiger partial charge in [-0.05, 0) is 52.4 Å². The Balaban J connectivity index is 2.12. The lowest BCUT2D eigenvalue weighted by Crippen LogP contribution is -2.40. The molecular weight excluding hydrogens is 335 g/mol. The molecule has 0 unspecified atom stereocenters. The highest BCUT2D eigenvalue weighted by atomic mass is 79.9. The number of hydrogen-bond acceptors (Lipinski definition) is 1. The van der Waals surface area contributed by atoms with Gasteiger partial charge in [-0.3, -0.25) is 4.79 Å². The van der Waals surface area contributed by atoms with Crippen LogP contribution in [0.25, 0.3) is 0 Å². The van der Waals surface area contributed by atoms with Crippen molar-refractivity contribution in [3.63, 3.8) is 0 Å². The number of nitrogens with one attached hydrogen (secondary N) is 1. The predicted octanol–water partition coefficient (Wildman–Crippen LogP) is 4.39. The van der Waals surface area contributed by atoms with E-state index in [0.29, 0.717) is 11.0 Å². The maximum absolute atomic E-state index is 12.7. The van der Waals surface area contributed by atoms with Crippen molar-refractivity contribution in [2.24, 2.45) is 5.41 Å². The van der Waals surface area contributed by atoms with E-state index in [1.54, 1.807) is 0 Å². The highest BCUT2D eigenvalue weighted by Gasteiger charge is 2.33. The molecule has 1 amide bonds. The van der Waals surface area contributed by atoms with Gasteiger partial charge in [0.2, 0.25) is 0 Å². The second-order valence-electron chi connectivity index (χ2n) is 5.54. The van der Waals surface area contributed by atoms with Crippen molar-refractivity contribution >= 4 is 21.8 Å². The molecule has 1 saturated carbocycles. The van der Waals surface area contributed by atoms with Crippen LogP contribution in [0.5, 0.6) is 0 Å². The van der Waals surface area contributed by atoms with Crippen LogP contribution in [-0.4, -0.2) is 12.5 Å². The molecule has 0 saturated heterocycles. The summed E-state index contributed by atoms with van der Waals surface area (Å²) in [6.45, 7) is 2.56. The standard InChI is InChI=1S/C14H15BrF3NO/c1-13(5-2-6-13)8-19-12(20)10-7-9(14(16,17)18)3-4-11(10)15/h3-4,7H,2,5-6,8H2,1H3,(H,19,20). The molecule has 1 fully saturated rings. The molecule has 0 heterocycles. The maximum atomic E-state index is 12.7. The minimum Gasteiger partial charge on any atom is -0.351 e. The van der Waals surface area contributed by atoms with Crippen molar-refractivity contribution in [1.29, 1.82) is 0 Å². The summed E-state index contributed by atoms with van der Waals surface area (Å²) in [6, 6.07) is 3.08. The Morgan fingerprint density at radius 2 is 2.05 bits per heavy atom. The first kappa shape index (κ1) is 15.4. The molecule has 1 aromatic rings. The maximum Gasteiger partial charge on any atom is 0.416 e. The minimum atomic E-state index is -4.45. The van der Waals surface area contributed by atoms with E-state index in [9.17, 15) is 18.0 Å². The Morgan fingerprint density at radius 1 is 1.40 bits per heavy atom. The topological polar surface area (TPSA) is 29.1 Å². The highest BCUT2D eigenvalue weighted by Crippen LogP contribution is 2.39. The number of amides is 1. The number of carbonyl (C=O) groups is 1. The van der Waals surface area contributed by atoms with Crippen molar-refractivity contribution in [1.82, 2.24) is 5.32 Å². The summed E-state index contributed by atoms with van der Waals surface area (Å²) >= 11 is 3.12. The molecule has 1 N–H and O–H groups in total. The normalized spacial score (nSPS) is 17.4. The van der Waals surface area contributed by atoms with E-state index in [1.807, 2.05) is 0 Å². The van der Waals surface area contributed by atoms with Gasteiger partial charge in [0.1, 0.15) is 0 Å². The van der Waals surface area contributed by atoms with Crippen molar-refractivity contribution in [3.8, 4) is 0 Å². The third kappa shape index (κ3) is 3.34. The lowest BCUT2D eigenvalue weighted by Gasteiger charge is -2.38. The second kappa shape index (κ2) is 5.39. The van der Waals surface area contributed by atoms with Gasteiger partial charge in [-0.2, -0.15) is 13.2 Å². The molecule has 0 radical (unpaired) electrons. The lowest BCUT2D eigenvalue weighted by molar-refractivity contribution is -0.137. The Kier molecular flexibility index (Phi) is 4.14. The summed E-state index contributed by atoms with van der Waals surface area (Å²) in [4.78, 5) is 12.0. The van der Waals surface area contributed by atoms with Crippen LogP contribution < -0.4 is 5.32 Å². The fraction of sp³-hybridized carbons (Fsp3) is 0.500. The molecule has 1 aromatic carbocycles. The fourth-order valence-corrected chi connectivity index (χ4v) is 2.65. The molecule has 0 bridgehead atoms. The first-order valence-corrected chi connectivity index (χ1v) is 7.16. The van der Waals surface area contributed by atoms with E-state index in [0.717, 1.165) is 31.4 Å². The van der Waals surface area contributed by atoms with Crippen LogP contribution >= 0.6 is 15.9 Å². The van der Waals surface area contributed by atoms with Crippen LogP contribution in [0.4, 0.5) is 13.2 Å². The van der Waals surface area contributed by atoms with Gasteiger partial charge >= 0.3 is 6.18 Å². The van der Waals surface area contributed by atoms with Crippen LogP contribution in [0.1, 0.15) is 42.1 Å². The summed E-state index contributed by atoms with van der Waals surface area (Å²) in [7, 11) is 0. The molecule has 2 rings (SSSR count). The van der Waals surface area contributed by atoms with Crippen LogP contribution in [0.2, 0.25) is 0 Å². The average Bonchev–Trinajstić information content (AvgIpc) is 2.32. The summed E-state index contributed by atoms with van der Waals surface area (Å²) in [6.07, 6.45) is -1.23. The van der Waals surface area contributed by atoms with E-state index in [4.69, 9.17) is 0 Å². The summed E-state index contributed by atoms with van der Waals surface area (Å²) in [5.41, 5.74) is -0.715. The highest BCUT2D eigenvalue weighted by molar-refractivity contribution is 9.10. The van der Waals surface area contributed by atoms with E-state index in [1.165, 1.54) is 6.07 Å². The largest absolute Gasteiger partial charge is 0.416 e. The van der Waals surface area contributed by atoms with Gasteiger partial charge in [0.25, 0.3) is 5.91 Å². The van der Waals surface area contributed by atoms with Gasteiger partial charge in [0, 0.05) is 11.0 Å². The summed E-state index contributed by atoms with van der Waals surface area (Å²) in [5, 5.41) is 2.72. The first-order valence-electron chi connectivity index (χ1n) is 6.36. The first-order chi connectivity index (χ1) is 9.21. The van der Waals surface area contributed by atoms with E-state index in [-0.39, 0.29) is 11.0 Å². The number of halogens is 4. The molecule has 0 aromatic heterocycles. The Morgan fingerprint density at radius 3 is 2.55 bits per heavy atom. The molecule has 0 aliphatic heterocycles. The smallest absolute Gasteiger partial charge is 0.351 e. The molecule has 2 nitrogen and oxygen atoms in total. The Labute approximate surface area is 123 Å². The van der Waals surface area contributed by atoms with E-state index >= 15 is 0 Å². The van der Waals surface area contributed by atoms with E-state index in [2.05, 4.69) is 28.2 Å². The van der Waals surface area contributed by atoms with Gasteiger partial charge in [-0.15, -0.1) is 0 Å². The zero-order valence-corrected chi connectivity index (χ0v) is 12.6. The number of benzene rings is 1. The van der Waals surface area contributed by atoms with Gasteiger partial charge in [-0.1, -0.05) is 13.3 Å². The molecule has 0 atom stereocenters. The number of alkyl halides is 3. The second-order valence-corrected chi connectivity index (χ2v) is 6.39. The summed E-state index contributed by atoms with van der Waals surface area (Å²) < 4.78 is 38.3. The number of carbonyl (C=O) groups excluding carboxylic acids is 1. The molecule has 110 valence electrons. The Hall–Kier alpha value is -1.04. The van der Waals surface area contributed by atoms with Crippen molar-refractivity contribution in [3.05, 3.63) is 33.8 Å². The number of rotatable bonds is 3. The van der Waals surface area contributed by atoms with Crippen molar-refractivity contribution in [2.75, 3.05) is 6.54 Å². The van der Waals surface area contributed by atoms with E-state index < -0.39 is 17.6 Å². The van der Waals surface area contributed by atoms with Gasteiger partial charge < -0.3 is 5.32 Å². The third-order valence-corrected chi connectivity index (χ3v) is 4.47. The average molecular weight is 350 g/mol. The molecule has 1 aliphatic carbocycles. The number of hydrogen-bond donors (Lipinski definition) is 1. The lowest BCUT2D eigenvalue weighted by atomic mass is 9.70. The van der Waals surface area contributed by atoms with Crippen LogP contribution in [0.3, 0.4) is 0 Å². The van der Waals surface area contributed by atoms with Gasteiger partial charge in [0.15, 0.2) is 0 Å². The van der Waals surface area contributed by atoms with Crippen LogP contribution in [-0.2, 0) is 6.18 Å². The zero-order chi connectivity index (χ0) is 15.0. The third-order valence-electron chi connectivity index (χ3n) is 3.77. The summed E-state index contributed by atoms with van der Waals surface area (Å²) in [5.74, 6) is -0.476. The SMILES string of the molecule is CC1(CNC(=O)c2cc(C(F)(F)F)ccc2Br)CCC1. The minimum absolute atomic E-state index is 0.0164. The fourth-order valence-electron chi connectivity index (χ4n) is 2.22. The quantitative estimate of drug-likeness (QED) is 0.861. The zero-order valence-electron chi connectivity index (χ0n) is 11.0. The van der Waals surface area contributed by atoms with Gasteiger partial charge in [0.05, 0.1) is 11.1 Å². The molecular formula is C14H15BrF3NO. The molecule has 20 heavy (non-hydrogen) atoms. The van der Waals surface area contributed by atoms with Crippen molar-refractivity contribution in [2.45, 2.75) is 32.4 Å². The monoisotopic (exact) mass is 349 g/mol. The van der Waals surface area contributed by atoms with Gasteiger partial charge in [-0.25, -0.2) is 0 Å². The molecule has 0 spiro atoms. The molecule has 6 heteroatoms.